The molecule has 0 aliphatic carbocycles. The largest absolute Gasteiger partial charge is 0.338 e. The summed E-state index contributed by atoms with van der Waals surface area (Å²) >= 11 is 0. The van der Waals surface area contributed by atoms with Crippen LogP contribution in [0.2, 0.25) is 0 Å². The number of nitrogens with two attached hydrogens (primary N) is 1. The van der Waals surface area contributed by atoms with Crippen LogP contribution in [-0.4, -0.2) is 30.4 Å². The van der Waals surface area contributed by atoms with Gasteiger partial charge in [-0.15, -0.1) is 0 Å². The van der Waals surface area contributed by atoms with Crippen LogP contribution in [0.25, 0.3) is 0 Å². The molecule has 0 atom stereocenters. The van der Waals surface area contributed by atoms with E-state index in [1.807, 2.05) is 18.7 Å². The first-order chi connectivity index (χ1) is 8.18. The molecule has 0 spiro atoms. The van der Waals surface area contributed by atoms with E-state index in [1.54, 1.807) is 0 Å². The van der Waals surface area contributed by atoms with Gasteiger partial charge >= 0.3 is 0 Å². The highest BCUT2D eigenvalue weighted by Crippen LogP contribution is 2.31. The molecule has 1 rings (SSSR count). The Morgan fingerprint density at radius 3 is 2.33 bits per heavy atom. The molecule has 1 aliphatic rings. The normalized spacial score (nSPS) is 17.7. The standard InChI is InChI=1S/C15H28N2O/c1-14(2,3)12-6-10-17(11-7-12)13(18)15(4,5)8-9-16/h6H,7-11,16H2,1-5H3. The third-order valence-electron chi connectivity index (χ3n) is 3.81. The van der Waals surface area contributed by atoms with Crippen molar-refractivity contribution in [2.75, 3.05) is 19.6 Å². The molecule has 0 unspecified atom stereocenters. The maximum absolute atomic E-state index is 12.4. The molecule has 0 fully saturated rings. The Hall–Kier alpha value is -0.830. The molecule has 0 aromatic heterocycles. The third kappa shape index (κ3) is 3.58. The highest BCUT2D eigenvalue weighted by atomic mass is 16.2. The zero-order valence-electron chi connectivity index (χ0n) is 12.5. The SMILES string of the molecule is CC(C)(C)C1=CCN(C(=O)C(C)(C)CCN)CC1. The molecule has 0 aromatic rings. The molecule has 0 saturated carbocycles. The van der Waals surface area contributed by atoms with Gasteiger partial charge in [0, 0.05) is 18.5 Å². The highest BCUT2D eigenvalue weighted by molar-refractivity contribution is 5.82. The molecule has 1 amide bonds. The second kappa shape index (κ2) is 5.43. The van der Waals surface area contributed by atoms with Crippen molar-refractivity contribution >= 4 is 5.91 Å². The maximum Gasteiger partial charge on any atom is 0.228 e. The van der Waals surface area contributed by atoms with Gasteiger partial charge in [-0.3, -0.25) is 4.79 Å². The fraction of sp³-hybridized carbons (Fsp3) is 0.800. The predicted molar refractivity (Wildman–Crippen MR) is 76.2 cm³/mol. The van der Waals surface area contributed by atoms with Gasteiger partial charge in [0.25, 0.3) is 0 Å². The smallest absolute Gasteiger partial charge is 0.228 e. The number of carbonyl (C=O) groups excluding carboxylic acids is 1. The Morgan fingerprint density at radius 2 is 1.94 bits per heavy atom. The Bertz CT molecular complexity index is 337. The first-order valence-corrected chi connectivity index (χ1v) is 6.87. The van der Waals surface area contributed by atoms with Crippen LogP contribution >= 0.6 is 0 Å². The first-order valence-electron chi connectivity index (χ1n) is 6.87. The highest BCUT2D eigenvalue weighted by Gasteiger charge is 2.32. The van der Waals surface area contributed by atoms with Crippen molar-refractivity contribution in [1.29, 1.82) is 0 Å². The number of amides is 1. The van der Waals surface area contributed by atoms with Crippen LogP contribution in [0.5, 0.6) is 0 Å². The molecule has 0 bridgehead atoms. The van der Waals surface area contributed by atoms with Crippen LogP contribution in [0.3, 0.4) is 0 Å². The van der Waals surface area contributed by atoms with Crippen molar-refractivity contribution in [1.82, 2.24) is 4.90 Å². The van der Waals surface area contributed by atoms with Crippen LogP contribution in [0.1, 0.15) is 47.5 Å². The van der Waals surface area contributed by atoms with E-state index in [-0.39, 0.29) is 16.7 Å². The van der Waals surface area contributed by atoms with E-state index in [0.717, 1.165) is 25.9 Å². The molecule has 3 heteroatoms. The summed E-state index contributed by atoms with van der Waals surface area (Å²) in [5.41, 5.74) is 6.93. The molecule has 18 heavy (non-hydrogen) atoms. The Kier molecular flexibility index (Phi) is 4.60. The maximum atomic E-state index is 12.4. The molecule has 0 radical (unpaired) electrons. The van der Waals surface area contributed by atoms with E-state index in [2.05, 4.69) is 26.8 Å². The molecule has 3 nitrogen and oxygen atoms in total. The van der Waals surface area contributed by atoms with E-state index in [0.29, 0.717) is 6.54 Å². The second-order valence-corrected chi connectivity index (χ2v) is 6.90. The van der Waals surface area contributed by atoms with Crippen molar-refractivity contribution in [3.05, 3.63) is 11.6 Å². The summed E-state index contributed by atoms with van der Waals surface area (Å²) < 4.78 is 0. The zero-order chi connectivity index (χ0) is 14.0. The fourth-order valence-electron chi connectivity index (χ4n) is 2.43. The molecule has 1 aliphatic heterocycles. The molecular formula is C15H28N2O. The topological polar surface area (TPSA) is 46.3 Å². The molecule has 1 heterocycles. The van der Waals surface area contributed by atoms with Crippen LogP contribution in [-0.2, 0) is 4.79 Å². The van der Waals surface area contributed by atoms with Crippen LogP contribution in [0.4, 0.5) is 0 Å². The number of hydrogen-bond donors (Lipinski definition) is 1. The first kappa shape index (κ1) is 15.2. The van der Waals surface area contributed by atoms with E-state index in [9.17, 15) is 4.79 Å². The fourth-order valence-corrected chi connectivity index (χ4v) is 2.43. The average Bonchev–Trinajstić information content (AvgIpc) is 2.27. The summed E-state index contributed by atoms with van der Waals surface area (Å²) in [6.07, 6.45) is 3.96. The lowest BCUT2D eigenvalue weighted by Gasteiger charge is -2.36. The van der Waals surface area contributed by atoms with Crippen molar-refractivity contribution in [2.24, 2.45) is 16.6 Å². The summed E-state index contributed by atoms with van der Waals surface area (Å²) in [6.45, 7) is 12.8. The molecule has 0 saturated heterocycles. The summed E-state index contributed by atoms with van der Waals surface area (Å²) in [5.74, 6) is 0.233. The summed E-state index contributed by atoms with van der Waals surface area (Å²) in [7, 11) is 0. The van der Waals surface area contributed by atoms with E-state index < -0.39 is 0 Å². The average molecular weight is 252 g/mol. The summed E-state index contributed by atoms with van der Waals surface area (Å²) in [6, 6.07) is 0. The lowest BCUT2D eigenvalue weighted by molar-refractivity contribution is -0.140. The van der Waals surface area contributed by atoms with Crippen LogP contribution < -0.4 is 5.73 Å². The van der Waals surface area contributed by atoms with Gasteiger partial charge in [0.1, 0.15) is 0 Å². The molecule has 104 valence electrons. The molecule has 2 N–H and O–H groups in total. The number of hydrogen-bond acceptors (Lipinski definition) is 2. The van der Waals surface area contributed by atoms with Crippen molar-refractivity contribution in [3.8, 4) is 0 Å². The van der Waals surface area contributed by atoms with Crippen molar-refractivity contribution < 1.29 is 4.79 Å². The van der Waals surface area contributed by atoms with Gasteiger partial charge in [0.15, 0.2) is 0 Å². The lowest BCUT2D eigenvalue weighted by atomic mass is 9.82. The van der Waals surface area contributed by atoms with Gasteiger partial charge in [-0.05, 0) is 24.8 Å². The second-order valence-electron chi connectivity index (χ2n) is 6.90. The monoisotopic (exact) mass is 252 g/mol. The number of rotatable bonds is 3. The Labute approximate surface area is 111 Å². The minimum absolute atomic E-state index is 0.224. The Balaban J connectivity index is 2.69. The van der Waals surface area contributed by atoms with Gasteiger partial charge in [0.05, 0.1) is 0 Å². The minimum atomic E-state index is -0.332. The van der Waals surface area contributed by atoms with Gasteiger partial charge in [-0.25, -0.2) is 0 Å². The van der Waals surface area contributed by atoms with Gasteiger partial charge in [-0.2, -0.15) is 0 Å². The third-order valence-corrected chi connectivity index (χ3v) is 3.81. The van der Waals surface area contributed by atoms with Crippen molar-refractivity contribution in [2.45, 2.75) is 47.5 Å². The zero-order valence-corrected chi connectivity index (χ0v) is 12.5. The van der Waals surface area contributed by atoms with Crippen molar-refractivity contribution in [3.63, 3.8) is 0 Å². The van der Waals surface area contributed by atoms with Crippen LogP contribution in [0, 0.1) is 10.8 Å². The molecule has 0 aromatic carbocycles. The number of carbonyl (C=O) groups is 1. The van der Waals surface area contributed by atoms with E-state index >= 15 is 0 Å². The summed E-state index contributed by atoms with van der Waals surface area (Å²) in [4.78, 5) is 14.4. The van der Waals surface area contributed by atoms with Gasteiger partial charge in [0.2, 0.25) is 5.91 Å². The predicted octanol–water partition coefficient (Wildman–Crippen LogP) is 2.57. The van der Waals surface area contributed by atoms with Crippen LogP contribution in [0.15, 0.2) is 11.6 Å². The van der Waals surface area contributed by atoms with E-state index in [4.69, 9.17) is 5.73 Å². The van der Waals surface area contributed by atoms with Gasteiger partial charge in [-0.1, -0.05) is 46.3 Å². The number of nitrogens with zero attached hydrogens (tertiary/aromatic N) is 1. The quantitative estimate of drug-likeness (QED) is 0.785. The van der Waals surface area contributed by atoms with Gasteiger partial charge < -0.3 is 10.6 Å². The minimum Gasteiger partial charge on any atom is -0.338 e. The lowest BCUT2D eigenvalue weighted by Crippen LogP contribution is -2.44. The molecular weight excluding hydrogens is 224 g/mol. The van der Waals surface area contributed by atoms with E-state index in [1.165, 1.54) is 5.57 Å². The Morgan fingerprint density at radius 1 is 1.33 bits per heavy atom. The summed E-state index contributed by atoms with van der Waals surface area (Å²) in [5, 5.41) is 0.